The summed E-state index contributed by atoms with van der Waals surface area (Å²) in [6.45, 7) is 6.59. The van der Waals surface area contributed by atoms with Crippen molar-refractivity contribution in [2.24, 2.45) is 0 Å². The lowest BCUT2D eigenvalue weighted by Gasteiger charge is -2.24. The SMILES string of the molecule is C=CC(=O)N1CCc2nc(-c3nc(-c4ccc5c(c4)CCNC5)c4ccsc4c3-c3ccc(F)cc3OC)sc2C1. The number of thiophene rings is 1. The molecule has 0 atom stereocenters. The smallest absolute Gasteiger partial charge is 0.246 e. The van der Waals surface area contributed by atoms with Crippen molar-refractivity contribution in [3.63, 3.8) is 0 Å². The number of nitrogens with one attached hydrogen (secondary N) is 1. The van der Waals surface area contributed by atoms with Crippen molar-refractivity contribution in [3.8, 4) is 38.8 Å². The van der Waals surface area contributed by atoms with Crippen LogP contribution in [0.1, 0.15) is 21.7 Å². The van der Waals surface area contributed by atoms with E-state index in [0.29, 0.717) is 25.3 Å². The highest BCUT2D eigenvalue weighted by atomic mass is 32.1. The highest BCUT2D eigenvalue weighted by Gasteiger charge is 2.28. The van der Waals surface area contributed by atoms with Gasteiger partial charge in [-0.15, -0.1) is 22.7 Å². The van der Waals surface area contributed by atoms with E-state index in [1.54, 1.807) is 40.7 Å². The van der Waals surface area contributed by atoms with E-state index >= 15 is 0 Å². The Hall–Kier alpha value is -3.92. The van der Waals surface area contributed by atoms with Crippen LogP contribution < -0.4 is 10.1 Å². The number of fused-ring (bicyclic) bond motifs is 3. The molecule has 3 aromatic heterocycles. The van der Waals surface area contributed by atoms with Gasteiger partial charge in [0.15, 0.2) is 0 Å². The molecule has 0 saturated heterocycles. The first-order chi connectivity index (χ1) is 20.0. The molecule has 41 heavy (non-hydrogen) atoms. The number of hydrogen-bond donors (Lipinski definition) is 1. The number of pyridine rings is 1. The average Bonchev–Trinajstić information content (AvgIpc) is 3.67. The molecule has 0 saturated carbocycles. The van der Waals surface area contributed by atoms with Crippen LogP contribution in [0.15, 0.2) is 60.5 Å². The van der Waals surface area contributed by atoms with Crippen molar-refractivity contribution in [1.29, 1.82) is 0 Å². The first-order valence-corrected chi connectivity index (χ1v) is 15.2. The van der Waals surface area contributed by atoms with Crippen LogP contribution in [-0.4, -0.2) is 41.0 Å². The molecule has 5 aromatic rings. The fraction of sp³-hybridized carbons (Fsp3) is 0.219. The third-order valence-electron chi connectivity index (χ3n) is 7.83. The summed E-state index contributed by atoms with van der Waals surface area (Å²) < 4.78 is 21.0. The number of benzene rings is 2. The number of hydrogen-bond acceptors (Lipinski definition) is 7. The fourth-order valence-electron chi connectivity index (χ4n) is 5.76. The van der Waals surface area contributed by atoms with Crippen molar-refractivity contribution in [2.75, 3.05) is 20.2 Å². The van der Waals surface area contributed by atoms with Crippen molar-refractivity contribution in [1.82, 2.24) is 20.2 Å². The molecule has 0 spiro atoms. The van der Waals surface area contributed by atoms with Crippen LogP contribution in [0, 0.1) is 5.82 Å². The van der Waals surface area contributed by atoms with Gasteiger partial charge in [-0.3, -0.25) is 4.79 Å². The molecule has 1 N–H and O–H groups in total. The lowest BCUT2D eigenvalue weighted by Crippen LogP contribution is -2.34. The van der Waals surface area contributed by atoms with Crippen molar-refractivity contribution in [2.45, 2.75) is 25.9 Å². The Balaban J connectivity index is 1.47. The van der Waals surface area contributed by atoms with E-state index in [4.69, 9.17) is 14.7 Å². The predicted octanol–water partition coefficient (Wildman–Crippen LogP) is 6.62. The molecule has 2 aromatic carbocycles. The van der Waals surface area contributed by atoms with Crippen LogP contribution >= 0.6 is 22.7 Å². The number of methoxy groups -OCH3 is 1. The second-order valence-corrected chi connectivity index (χ2v) is 12.2. The molecule has 0 unspecified atom stereocenters. The standard InChI is InChI=1S/C32H27FN4O2S2/c1-3-27(38)37-12-9-24-26(17-37)41-32(35-24)30-28(22-7-6-21(33)15-25(22)39-2)31-23(10-13-40-31)29(36-30)19-4-5-20-16-34-11-8-18(20)14-19/h3-7,10,13-15,34H,1,8-9,11-12,16-17H2,2H3. The average molecular weight is 583 g/mol. The second-order valence-electron chi connectivity index (χ2n) is 10.2. The predicted molar refractivity (Wildman–Crippen MR) is 163 cm³/mol. The summed E-state index contributed by atoms with van der Waals surface area (Å²) in [5.74, 6) is 0.00519. The van der Waals surface area contributed by atoms with Gasteiger partial charge in [0.1, 0.15) is 22.3 Å². The first-order valence-electron chi connectivity index (χ1n) is 13.5. The lowest BCUT2D eigenvalue weighted by molar-refractivity contribution is -0.126. The summed E-state index contributed by atoms with van der Waals surface area (Å²) in [5.41, 5.74) is 8.00. The number of carbonyl (C=O) groups is 1. The van der Waals surface area contributed by atoms with E-state index < -0.39 is 0 Å². The van der Waals surface area contributed by atoms with E-state index in [1.165, 1.54) is 29.3 Å². The van der Waals surface area contributed by atoms with Crippen LogP contribution in [0.5, 0.6) is 5.75 Å². The molecule has 9 heteroatoms. The van der Waals surface area contributed by atoms with Crippen LogP contribution in [-0.2, 0) is 30.7 Å². The van der Waals surface area contributed by atoms with Gasteiger partial charge in [0.2, 0.25) is 5.91 Å². The third kappa shape index (κ3) is 4.54. The topological polar surface area (TPSA) is 67.4 Å². The molecule has 0 bridgehead atoms. The Labute approximate surface area is 245 Å². The van der Waals surface area contributed by atoms with Crippen LogP contribution in [0.25, 0.3) is 43.2 Å². The Kier molecular flexibility index (Phi) is 6.65. The van der Waals surface area contributed by atoms with Gasteiger partial charge >= 0.3 is 0 Å². The molecule has 6 nitrogen and oxygen atoms in total. The zero-order valence-electron chi connectivity index (χ0n) is 22.5. The van der Waals surface area contributed by atoms with Gasteiger partial charge in [0, 0.05) is 57.2 Å². The number of carbonyl (C=O) groups excluding carboxylic acids is 1. The van der Waals surface area contributed by atoms with Crippen molar-refractivity contribution in [3.05, 3.63) is 88.0 Å². The molecule has 0 fully saturated rings. The van der Waals surface area contributed by atoms with Gasteiger partial charge in [-0.05, 0) is 59.8 Å². The minimum atomic E-state index is -0.362. The summed E-state index contributed by atoms with van der Waals surface area (Å²) in [4.78, 5) is 25.6. The van der Waals surface area contributed by atoms with Crippen molar-refractivity contribution < 1.29 is 13.9 Å². The molecule has 7 rings (SSSR count). The molecular formula is C32H27FN4O2S2. The molecule has 0 aliphatic carbocycles. The van der Waals surface area contributed by atoms with E-state index in [1.807, 2.05) is 0 Å². The quantitative estimate of drug-likeness (QED) is 0.236. The van der Waals surface area contributed by atoms with E-state index in [0.717, 1.165) is 73.3 Å². The van der Waals surface area contributed by atoms with Crippen LogP contribution in [0.2, 0.25) is 0 Å². The minimum absolute atomic E-state index is 0.0784. The summed E-state index contributed by atoms with van der Waals surface area (Å²) in [5, 5.41) is 7.34. The maximum atomic E-state index is 14.3. The molecule has 2 aliphatic rings. The number of aromatic nitrogens is 2. The molecular weight excluding hydrogens is 556 g/mol. The molecule has 2 aliphatic heterocycles. The highest BCUT2D eigenvalue weighted by Crippen LogP contribution is 2.47. The minimum Gasteiger partial charge on any atom is -0.496 e. The maximum absolute atomic E-state index is 14.3. The lowest BCUT2D eigenvalue weighted by atomic mass is 9.94. The summed E-state index contributed by atoms with van der Waals surface area (Å²) in [6, 6.07) is 13.4. The van der Waals surface area contributed by atoms with Gasteiger partial charge < -0.3 is 15.0 Å². The fourth-order valence-corrected chi connectivity index (χ4v) is 7.84. The van der Waals surface area contributed by atoms with E-state index in [9.17, 15) is 9.18 Å². The molecule has 5 heterocycles. The number of halogens is 1. The van der Waals surface area contributed by atoms with Crippen LogP contribution in [0.4, 0.5) is 4.39 Å². The molecule has 206 valence electrons. The highest BCUT2D eigenvalue weighted by molar-refractivity contribution is 7.18. The van der Waals surface area contributed by atoms with Gasteiger partial charge in [-0.2, -0.15) is 0 Å². The monoisotopic (exact) mass is 582 g/mol. The third-order valence-corrected chi connectivity index (χ3v) is 9.85. The largest absolute Gasteiger partial charge is 0.496 e. The summed E-state index contributed by atoms with van der Waals surface area (Å²) in [6.07, 6.45) is 3.01. The number of amides is 1. The first kappa shape index (κ1) is 26.0. The number of ether oxygens (including phenoxy) is 1. The Morgan fingerprint density at radius 2 is 2.02 bits per heavy atom. The zero-order valence-corrected chi connectivity index (χ0v) is 24.1. The summed E-state index contributed by atoms with van der Waals surface area (Å²) in [7, 11) is 1.56. The molecule has 0 radical (unpaired) electrons. The van der Waals surface area contributed by atoms with Gasteiger partial charge in [0.05, 0.1) is 25.0 Å². The molecule has 1 amide bonds. The Bertz CT molecular complexity index is 1840. The summed E-state index contributed by atoms with van der Waals surface area (Å²) >= 11 is 3.20. The number of thiazole rings is 1. The number of nitrogens with zero attached hydrogens (tertiary/aromatic N) is 3. The van der Waals surface area contributed by atoms with Gasteiger partial charge in [-0.25, -0.2) is 14.4 Å². The normalized spacial score (nSPS) is 14.5. The maximum Gasteiger partial charge on any atom is 0.246 e. The Morgan fingerprint density at radius 3 is 2.88 bits per heavy atom. The Morgan fingerprint density at radius 1 is 1.12 bits per heavy atom. The van der Waals surface area contributed by atoms with E-state index in [2.05, 4.69) is 41.5 Å². The van der Waals surface area contributed by atoms with Gasteiger partial charge in [0.25, 0.3) is 0 Å². The zero-order chi connectivity index (χ0) is 28.1. The van der Waals surface area contributed by atoms with E-state index in [-0.39, 0.29) is 11.7 Å². The van der Waals surface area contributed by atoms with Crippen LogP contribution in [0.3, 0.4) is 0 Å². The second kappa shape index (κ2) is 10.5. The van der Waals surface area contributed by atoms with Gasteiger partial charge in [-0.1, -0.05) is 18.7 Å². The van der Waals surface area contributed by atoms with Crippen molar-refractivity contribution >= 4 is 38.7 Å². The number of rotatable bonds is 5.